The van der Waals surface area contributed by atoms with Crippen LogP contribution in [0.5, 0.6) is 5.75 Å². The van der Waals surface area contributed by atoms with Crippen LogP contribution in [0.4, 0.5) is 4.79 Å². The number of nitrogens with two attached hydrogens (primary N) is 1. The van der Waals surface area contributed by atoms with Crippen LogP contribution < -0.4 is 40.3 Å². The number of benzene rings is 2. The third kappa shape index (κ3) is 25.8. The predicted molar refractivity (Wildman–Crippen MR) is 306 cm³/mol. The van der Waals surface area contributed by atoms with Gasteiger partial charge in [-0.2, -0.15) is 0 Å². The maximum atomic E-state index is 14.2. The normalized spacial score (nSPS) is 14.8. The molecule has 0 aromatic heterocycles. The van der Waals surface area contributed by atoms with E-state index in [1.165, 1.54) is 22.0 Å². The molecule has 0 spiro atoms. The zero-order valence-corrected chi connectivity index (χ0v) is 53.3. The topological polar surface area (TPSA) is 263 Å². The van der Waals surface area contributed by atoms with Gasteiger partial charge in [-0.1, -0.05) is 61.3 Å². The molecule has 2 aromatic rings. The van der Waals surface area contributed by atoms with Gasteiger partial charge in [-0.25, -0.2) is 9.59 Å². The van der Waals surface area contributed by atoms with E-state index in [9.17, 15) is 38.4 Å². The Labute approximate surface area is 478 Å². The Bertz CT molecular complexity index is 2240. The van der Waals surface area contributed by atoms with E-state index in [2.05, 4.69) is 68.8 Å². The van der Waals surface area contributed by atoms with E-state index < -0.39 is 126 Å². The van der Waals surface area contributed by atoms with Crippen LogP contribution in [-0.4, -0.2) is 132 Å². The molecule has 2 rings (SSSR count). The molecule has 8 atom stereocenters. The van der Waals surface area contributed by atoms with Crippen LogP contribution in [0, 0.1) is 17.8 Å². The van der Waals surface area contributed by atoms with Gasteiger partial charge < -0.3 is 41.8 Å². The first-order valence-electron chi connectivity index (χ1n) is 26.6. The average molecular weight is 1390 g/mol. The monoisotopic (exact) mass is 1390 g/mol. The van der Waals surface area contributed by atoms with E-state index in [4.69, 9.17) is 24.7 Å². The second kappa shape index (κ2) is 33.1. The van der Waals surface area contributed by atoms with E-state index in [0.717, 1.165) is 5.56 Å². The van der Waals surface area contributed by atoms with Gasteiger partial charge in [0.25, 0.3) is 0 Å². The summed E-state index contributed by atoms with van der Waals surface area (Å²) in [5.74, 6) is -4.51. The van der Waals surface area contributed by atoms with Crippen LogP contribution in [0.25, 0.3) is 0 Å². The minimum atomic E-state index is -1.24. The largest absolute Gasteiger partial charge is 0.0603 e. The molecule has 7 N–H and O–H groups in total. The molecule has 6 amide bonds. The van der Waals surface area contributed by atoms with E-state index in [-0.39, 0.29) is 44.2 Å². The number of nitrogens with one attached hydrogen (secondary N) is 5. The van der Waals surface area contributed by atoms with Crippen molar-refractivity contribution in [3.05, 3.63) is 59.7 Å². The quantitative estimate of drug-likeness (QED) is 0.0296. The molecule has 0 unspecified atom stereocenters. The summed E-state index contributed by atoms with van der Waals surface area (Å²) >= 11 is 2.00. The molecule has 0 fully saturated rings. The summed E-state index contributed by atoms with van der Waals surface area (Å²) in [5, 5.41) is 14.0. The van der Waals surface area contributed by atoms with E-state index >= 15 is 0 Å². The molecule has 0 aliphatic carbocycles. The van der Waals surface area contributed by atoms with E-state index in [0.29, 0.717) is 37.2 Å². The standard InChI is InChI=1S/C56H88N7O12.HI.Po/c1-16-21-44(60-52(69)47(36(7)17-2)62-49(66)43(57)28-29-45(64)74-55(10,11)12)50(67)59-41(30-34(3)4)31-63(54(71)75-56(13,14)15)38(9)48(65)61-46(35(5)6)51(68)58-37(8)53(70)73-33-40-24-26-42(27-25-40)72-32-39-22-19-18-20-23-39;;/h19-20,22-27,34-38,41,43-44,46-47H,16-17,21,28-33,57H2,1-15H3,(H,58,68)(H,59,67)(H,60,69)(H,61,65)(H,62,66);1H;/q;;+1/p-1/t36-,37-,38-,41-,43-,44-,46-,47-;;/m0../s1. The fourth-order valence-electron chi connectivity index (χ4n) is 7.65. The number of esters is 2. The third-order valence-electron chi connectivity index (χ3n) is 12.1. The van der Waals surface area contributed by atoms with Crippen molar-refractivity contribution in [1.29, 1.82) is 0 Å². The number of halogens is 1. The molecule has 77 heavy (non-hydrogen) atoms. The van der Waals surface area contributed by atoms with Crippen LogP contribution in [0.1, 0.15) is 154 Å². The van der Waals surface area contributed by atoms with Crippen LogP contribution in [-0.2, 0) is 61.0 Å². The van der Waals surface area contributed by atoms with Gasteiger partial charge in [0.05, 0.1) is 6.04 Å². The Morgan fingerprint density at radius 2 is 1.22 bits per heavy atom. The molecule has 432 valence electrons. The number of ether oxygens (including phenoxy) is 4. The third-order valence-corrected chi connectivity index (χ3v) is 18.3. The molecular weight excluding hydrogens is 1300 g/mol. The summed E-state index contributed by atoms with van der Waals surface area (Å²) in [6.07, 6.45) is 0.615. The van der Waals surface area contributed by atoms with Crippen LogP contribution in [0.3, 0.4) is 0 Å². The molecule has 0 saturated heterocycles. The van der Waals surface area contributed by atoms with Crippen molar-refractivity contribution < 1.29 is 57.3 Å². The number of rotatable bonds is 30. The van der Waals surface area contributed by atoms with Crippen molar-refractivity contribution >= 4 is 88.1 Å². The number of nitrogens with zero attached hydrogens (tertiary/aromatic N) is 1. The Balaban J connectivity index is 2.22. The summed E-state index contributed by atoms with van der Waals surface area (Å²) < 4.78 is 24.0. The first kappa shape index (κ1) is 68.5. The second-order valence-corrected chi connectivity index (χ2v) is 28.6. The molecule has 0 radical (unpaired) electrons. The summed E-state index contributed by atoms with van der Waals surface area (Å²) in [4.78, 5) is 110. The number of carbonyl (C=O) groups is 8. The van der Waals surface area contributed by atoms with Crippen LogP contribution >= 0.6 is 18.0 Å². The van der Waals surface area contributed by atoms with Gasteiger partial charge in [0.1, 0.15) is 41.4 Å². The maximum Gasteiger partial charge on any atom is -0.0176 e. The second-order valence-electron chi connectivity index (χ2n) is 22.3. The van der Waals surface area contributed by atoms with E-state index in [1.54, 1.807) is 86.6 Å². The summed E-state index contributed by atoms with van der Waals surface area (Å²) in [6.45, 7) is 26.2. The Morgan fingerprint density at radius 1 is 0.662 bits per heavy atom. The molecular formula is C56H88IN7O12Po. The van der Waals surface area contributed by atoms with Crippen LogP contribution in [0.2, 0.25) is 0 Å². The molecule has 2 aromatic carbocycles. The van der Waals surface area contributed by atoms with Crippen LogP contribution in [0.15, 0.2) is 48.5 Å². The van der Waals surface area contributed by atoms with Gasteiger partial charge in [0, 0.05) is 19.0 Å². The predicted octanol–water partition coefficient (Wildman–Crippen LogP) is 6.06. The van der Waals surface area contributed by atoms with E-state index in [1.807, 2.05) is 27.7 Å². The van der Waals surface area contributed by atoms with Crippen molar-refractivity contribution in [3.63, 3.8) is 0 Å². The fourth-order valence-corrected chi connectivity index (χ4v) is 11.2. The molecule has 0 saturated carbocycles. The molecule has 21 heteroatoms. The van der Waals surface area contributed by atoms with Gasteiger partial charge in [-0.15, -0.1) is 0 Å². The first-order valence-corrected chi connectivity index (χ1v) is 37.1. The van der Waals surface area contributed by atoms with Crippen molar-refractivity contribution in [3.8, 4) is 5.75 Å². The van der Waals surface area contributed by atoms with Gasteiger partial charge in [0.2, 0.25) is 29.5 Å². The Morgan fingerprint density at radius 3 is 1.75 bits per heavy atom. The Kier molecular flexibility index (Phi) is 29.4. The number of carbonyl (C=O) groups excluding carboxylic acids is 8. The van der Waals surface area contributed by atoms with Gasteiger partial charge in [0.15, 0.2) is 0 Å². The Hall–Kier alpha value is -4.61. The zero-order chi connectivity index (χ0) is 58.4. The number of amides is 6. The van der Waals surface area contributed by atoms with Crippen molar-refractivity contribution in [2.45, 2.75) is 209 Å². The van der Waals surface area contributed by atoms with Gasteiger partial charge in [-0.05, 0) is 92.4 Å². The van der Waals surface area contributed by atoms with Crippen molar-refractivity contribution in [2.75, 3.05) is 6.54 Å². The minimum Gasteiger partial charge on any atom is -0.0603 e. The number of hydrogen-bond donors (Lipinski definition) is 6. The zero-order valence-electron chi connectivity index (χ0n) is 48.0. The maximum absolute atomic E-state index is 14.2. The van der Waals surface area contributed by atoms with Crippen molar-refractivity contribution in [2.24, 2.45) is 23.5 Å². The molecule has 0 bridgehead atoms. The average Bonchev–Trinajstić information content (AvgIpc) is 3.34. The summed E-state index contributed by atoms with van der Waals surface area (Å²) in [6, 6.07) is 8.15. The summed E-state index contributed by atoms with van der Waals surface area (Å²) in [5.41, 5.74) is 6.25. The first-order chi connectivity index (χ1) is 35.9. The smallest absolute Gasteiger partial charge is 0.0176 e. The molecule has 19 nitrogen and oxygen atoms in total. The number of hydrogen-bond acceptors (Lipinski definition) is 13. The SMILES string of the molecule is CCC[C@H](NC(=O)[C@@H](NC(=O)[C@@H](N)CCC(=O)OC(C)(C)C)[C@@H](C)CC)C(=O)N[C@@H](CC(C)C)CN(C(=O)OC(C)(C)C)[C@@H](C)C(=O)N[C@H](C(=O)N[C@@H](C)C(=O)OCc1ccc(OCc2cc[c]([Po][I])cc2)cc1)C(C)C. The minimum absolute atomic E-state index is 0.00922. The summed E-state index contributed by atoms with van der Waals surface area (Å²) in [7, 11) is 0. The fraction of sp³-hybridized carbons (Fsp3) is 0.643. The van der Waals surface area contributed by atoms with Crippen molar-refractivity contribution in [1.82, 2.24) is 31.5 Å². The van der Waals surface area contributed by atoms with Gasteiger partial charge in [-0.3, -0.25) is 33.7 Å². The molecule has 0 heterocycles. The molecule has 0 aliphatic heterocycles. The molecule has 0 aliphatic rings. The van der Waals surface area contributed by atoms with Gasteiger partial charge >= 0.3 is 147 Å².